The van der Waals surface area contributed by atoms with Crippen molar-refractivity contribution < 1.29 is 9.47 Å². The molecule has 2 aromatic heterocycles. The number of unbranched alkanes of at least 4 members (excludes halogenated alkanes) is 1. The molecule has 0 spiro atoms. The molecule has 1 saturated heterocycles. The van der Waals surface area contributed by atoms with Gasteiger partial charge in [0.05, 0.1) is 18.0 Å². The van der Waals surface area contributed by atoms with Crippen molar-refractivity contribution >= 4 is 28.7 Å². The van der Waals surface area contributed by atoms with Crippen molar-refractivity contribution in [1.29, 1.82) is 5.26 Å². The number of hydrogen-bond donors (Lipinski definition) is 1. The van der Waals surface area contributed by atoms with Gasteiger partial charge in [-0.05, 0) is 33.1 Å². The molecular formula is C20H29N7O2S. The van der Waals surface area contributed by atoms with Crippen LogP contribution in [-0.4, -0.2) is 55.3 Å². The van der Waals surface area contributed by atoms with Gasteiger partial charge >= 0.3 is 0 Å². The van der Waals surface area contributed by atoms with Crippen molar-refractivity contribution in [3.63, 3.8) is 0 Å². The van der Waals surface area contributed by atoms with Crippen LogP contribution in [0, 0.1) is 17.2 Å². The van der Waals surface area contributed by atoms with Crippen LogP contribution >= 0.6 is 11.8 Å². The number of nitrogens with zero attached hydrogens (tertiary/aromatic N) is 6. The lowest BCUT2D eigenvalue weighted by molar-refractivity contribution is -0.158. The molecule has 10 heteroatoms. The predicted molar refractivity (Wildman–Crippen MR) is 114 cm³/mol. The molecule has 4 rings (SSSR count). The van der Waals surface area contributed by atoms with Crippen LogP contribution in [0.1, 0.15) is 59.4 Å². The second-order valence-electron chi connectivity index (χ2n) is 8.29. The van der Waals surface area contributed by atoms with Crippen LogP contribution < -0.4 is 5.32 Å². The summed E-state index contributed by atoms with van der Waals surface area (Å²) in [6.07, 6.45) is 3.26. The van der Waals surface area contributed by atoms with E-state index in [4.69, 9.17) is 14.5 Å². The van der Waals surface area contributed by atoms with Crippen molar-refractivity contribution in [2.75, 3.05) is 17.6 Å². The SMILES string of the molecule is CCCCNc1nc(SCCC)nc2c1nnn2[C@@H]1CC(C#N)[C@H]2OC(C)(C)O[C@H]21. The minimum Gasteiger partial charge on any atom is -0.368 e. The van der Waals surface area contributed by atoms with Gasteiger partial charge in [-0.15, -0.1) is 5.10 Å². The normalized spacial score (nSPS) is 27.3. The second kappa shape index (κ2) is 8.65. The summed E-state index contributed by atoms with van der Waals surface area (Å²) in [5.74, 6) is 0.688. The maximum absolute atomic E-state index is 9.65. The zero-order valence-corrected chi connectivity index (χ0v) is 18.8. The van der Waals surface area contributed by atoms with Crippen molar-refractivity contribution in [1.82, 2.24) is 25.0 Å². The quantitative estimate of drug-likeness (QED) is 0.381. The number of ether oxygens (including phenoxy) is 2. The van der Waals surface area contributed by atoms with Crippen LogP contribution in [0.5, 0.6) is 0 Å². The molecule has 2 fully saturated rings. The number of thioether (sulfide) groups is 1. The summed E-state index contributed by atoms with van der Waals surface area (Å²) in [6, 6.07) is 2.22. The Bertz CT molecular complexity index is 941. The van der Waals surface area contributed by atoms with Gasteiger partial charge in [0.25, 0.3) is 0 Å². The lowest BCUT2D eigenvalue weighted by Crippen LogP contribution is -2.28. The van der Waals surface area contributed by atoms with E-state index in [9.17, 15) is 5.26 Å². The van der Waals surface area contributed by atoms with E-state index in [1.165, 1.54) is 0 Å². The number of anilines is 1. The lowest BCUT2D eigenvalue weighted by atomic mass is 10.1. The average molecular weight is 432 g/mol. The van der Waals surface area contributed by atoms with Gasteiger partial charge < -0.3 is 14.8 Å². The first kappa shape index (κ1) is 21.3. The Morgan fingerprint density at radius 2 is 2.03 bits per heavy atom. The molecule has 1 aliphatic heterocycles. The maximum Gasteiger partial charge on any atom is 0.191 e. The third-order valence-corrected chi connectivity index (χ3v) is 6.53. The van der Waals surface area contributed by atoms with Crippen molar-refractivity contribution in [3.8, 4) is 6.07 Å². The number of nitriles is 1. The third kappa shape index (κ3) is 3.98. The average Bonchev–Trinajstić information content (AvgIpc) is 3.36. The maximum atomic E-state index is 9.65. The topological polar surface area (TPSA) is 111 Å². The number of aromatic nitrogens is 5. The van der Waals surface area contributed by atoms with E-state index in [0.717, 1.165) is 31.6 Å². The summed E-state index contributed by atoms with van der Waals surface area (Å²) < 4.78 is 14.0. The largest absolute Gasteiger partial charge is 0.368 e. The Morgan fingerprint density at radius 1 is 1.23 bits per heavy atom. The molecule has 162 valence electrons. The Labute approximate surface area is 180 Å². The monoisotopic (exact) mass is 431 g/mol. The highest BCUT2D eigenvalue weighted by atomic mass is 32.2. The van der Waals surface area contributed by atoms with Gasteiger partial charge in [-0.25, -0.2) is 14.6 Å². The van der Waals surface area contributed by atoms with Gasteiger partial charge in [0, 0.05) is 12.3 Å². The molecule has 3 heterocycles. The fourth-order valence-corrected chi connectivity index (χ4v) is 4.81. The molecule has 1 aliphatic carbocycles. The summed E-state index contributed by atoms with van der Waals surface area (Å²) in [4.78, 5) is 9.47. The molecule has 0 radical (unpaired) electrons. The fraction of sp³-hybridized carbons (Fsp3) is 0.750. The van der Waals surface area contributed by atoms with Gasteiger partial charge in [0.1, 0.15) is 12.2 Å². The van der Waals surface area contributed by atoms with E-state index in [0.29, 0.717) is 28.6 Å². The molecule has 2 aliphatic rings. The van der Waals surface area contributed by atoms with Crippen molar-refractivity contribution in [2.45, 2.75) is 82.6 Å². The Balaban J connectivity index is 1.72. The summed E-state index contributed by atoms with van der Waals surface area (Å²) in [5, 5.41) is 22.6. The zero-order valence-electron chi connectivity index (χ0n) is 18.0. The minimum absolute atomic E-state index is 0.158. The summed E-state index contributed by atoms with van der Waals surface area (Å²) in [7, 11) is 0. The van der Waals surface area contributed by atoms with Crippen LogP contribution in [-0.2, 0) is 9.47 Å². The molecule has 1 saturated carbocycles. The van der Waals surface area contributed by atoms with Crippen LogP contribution in [0.25, 0.3) is 11.2 Å². The van der Waals surface area contributed by atoms with Gasteiger partial charge in [-0.1, -0.05) is 37.2 Å². The highest BCUT2D eigenvalue weighted by Crippen LogP contribution is 2.47. The zero-order chi connectivity index (χ0) is 21.3. The molecule has 4 atom stereocenters. The molecule has 30 heavy (non-hydrogen) atoms. The standard InChI is InChI=1S/C20H29N7O2S/c1-5-7-8-22-17-14-18(24-19(23-17)30-9-6-2)27(26-25-14)13-10-12(11-21)15-16(13)29-20(3,4)28-15/h12-13,15-16H,5-10H2,1-4H3,(H,22,23,24)/t12?,13-,15-,16+/m1/s1. The van der Waals surface area contributed by atoms with Gasteiger partial charge in [0.2, 0.25) is 0 Å². The van der Waals surface area contributed by atoms with Crippen LogP contribution in [0.15, 0.2) is 5.16 Å². The molecule has 1 unspecified atom stereocenters. The highest BCUT2D eigenvalue weighted by molar-refractivity contribution is 7.99. The van der Waals surface area contributed by atoms with E-state index in [1.807, 2.05) is 18.5 Å². The molecule has 9 nitrogen and oxygen atoms in total. The summed E-state index contributed by atoms with van der Waals surface area (Å²) in [5.41, 5.74) is 1.33. The van der Waals surface area contributed by atoms with Crippen molar-refractivity contribution in [3.05, 3.63) is 0 Å². The Hall–Kier alpha value is -1.96. The fourth-order valence-electron chi connectivity index (χ4n) is 4.12. The number of rotatable bonds is 8. The predicted octanol–water partition coefficient (Wildman–Crippen LogP) is 3.54. The van der Waals surface area contributed by atoms with Gasteiger partial charge in [0.15, 0.2) is 27.9 Å². The lowest BCUT2D eigenvalue weighted by Gasteiger charge is -2.22. The Kier molecular flexibility index (Phi) is 6.14. The minimum atomic E-state index is -0.719. The molecule has 0 bridgehead atoms. The number of hydrogen-bond acceptors (Lipinski definition) is 9. The first-order valence-corrected chi connectivity index (χ1v) is 11.7. The van der Waals surface area contributed by atoms with Gasteiger partial charge in [-0.2, -0.15) is 5.26 Å². The van der Waals surface area contributed by atoms with E-state index in [2.05, 4.69) is 40.5 Å². The first-order valence-electron chi connectivity index (χ1n) is 10.7. The van der Waals surface area contributed by atoms with Gasteiger partial charge in [-0.3, -0.25) is 0 Å². The smallest absolute Gasteiger partial charge is 0.191 e. The van der Waals surface area contributed by atoms with E-state index in [1.54, 1.807) is 11.8 Å². The third-order valence-electron chi connectivity index (χ3n) is 5.48. The summed E-state index contributed by atoms with van der Waals surface area (Å²) >= 11 is 1.63. The second-order valence-corrected chi connectivity index (χ2v) is 9.36. The number of nitrogens with one attached hydrogen (secondary N) is 1. The molecule has 1 N–H and O–H groups in total. The highest BCUT2D eigenvalue weighted by Gasteiger charge is 2.55. The first-order chi connectivity index (χ1) is 14.5. The van der Waals surface area contributed by atoms with E-state index in [-0.39, 0.29) is 24.2 Å². The molecule has 0 aromatic carbocycles. The van der Waals surface area contributed by atoms with E-state index >= 15 is 0 Å². The van der Waals surface area contributed by atoms with Crippen LogP contribution in [0.2, 0.25) is 0 Å². The van der Waals surface area contributed by atoms with Crippen molar-refractivity contribution in [2.24, 2.45) is 5.92 Å². The van der Waals surface area contributed by atoms with Crippen LogP contribution in [0.3, 0.4) is 0 Å². The van der Waals surface area contributed by atoms with Crippen LogP contribution in [0.4, 0.5) is 5.82 Å². The summed E-state index contributed by atoms with van der Waals surface area (Å²) in [6.45, 7) is 8.88. The molecule has 2 aromatic rings. The molecule has 0 amide bonds. The van der Waals surface area contributed by atoms with E-state index < -0.39 is 5.79 Å². The Morgan fingerprint density at radius 3 is 2.77 bits per heavy atom. The molecular weight excluding hydrogens is 402 g/mol. The number of fused-ring (bicyclic) bond motifs is 2.